The van der Waals surface area contributed by atoms with Gasteiger partial charge in [0.15, 0.2) is 0 Å². The molecule has 0 aliphatic heterocycles. The van der Waals surface area contributed by atoms with Gasteiger partial charge in [-0.3, -0.25) is 9.59 Å². The number of halogens is 1. The molecule has 5 nitrogen and oxygen atoms in total. The van der Waals surface area contributed by atoms with Crippen LogP contribution in [-0.4, -0.2) is 17.0 Å². The molecule has 2 aromatic carbocycles. The van der Waals surface area contributed by atoms with E-state index in [0.717, 1.165) is 6.07 Å². The second kappa shape index (κ2) is 6.04. The van der Waals surface area contributed by atoms with Gasteiger partial charge in [0.05, 0.1) is 12.0 Å². The lowest BCUT2D eigenvalue weighted by atomic mass is 10.1. The maximum absolute atomic E-state index is 13.7. The van der Waals surface area contributed by atoms with E-state index in [1.165, 1.54) is 12.1 Å². The molecule has 0 saturated carbocycles. The number of hydrogen-bond donors (Lipinski definition) is 3. The molecule has 0 spiro atoms. The number of amides is 1. The lowest BCUT2D eigenvalue weighted by molar-refractivity contribution is -0.136. The number of nitrogen functional groups attached to an aromatic ring is 1. The van der Waals surface area contributed by atoms with E-state index in [0.29, 0.717) is 11.3 Å². The first-order valence-electron chi connectivity index (χ1n) is 6.13. The number of carbonyl (C=O) groups is 2. The minimum atomic E-state index is -1.02. The fraction of sp³-hybridized carbons (Fsp3) is 0.0667. The van der Waals surface area contributed by atoms with E-state index < -0.39 is 17.7 Å². The lowest BCUT2D eigenvalue weighted by Gasteiger charge is -2.10. The third-order valence-electron chi connectivity index (χ3n) is 2.85. The van der Waals surface area contributed by atoms with Gasteiger partial charge in [0, 0.05) is 11.4 Å². The van der Waals surface area contributed by atoms with Crippen LogP contribution in [0.15, 0.2) is 42.5 Å². The third kappa shape index (κ3) is 3.56. The largest absolute Gasteiger partial charge is 0.481 e. The summed E-state index contributed by atoms with van der Waals surface area (Å²) in [6.07, 6.45) is -0.235. The van der Waals surface area contributed by atoms with Gasteiger partial charge in [-0.2, -0.15) is 0 Å². The van der Waals surface area contributed by atoms with Crippen LogP contribution in [0.3, 0.4) is 0 Å². The molecule has 0 unspecified atom stereocenters. The molecule has 0 aromatic heterocycles. The number of anilines is 2. The predicted molar refractivity (Wildman–Crippen MR) is 76.5 cm³/mol. The van der Waals surface area contributed by atoms with Crippen molar-refractivity contribution in [3.05, 3.63) is 59.4 Å². The molecule has 2 aromatic rings. The second-order valence-corrected chi connectivity index (χ2v) is 4.42. The molecule has 1 amide bonds. The Kier molecular flexibility index (Phi) is 4.18. The van der Waals surface area contributed by atoms with Gasteiger partial charge in [-0.15, -0.1) is 0 Å². The van der Waals surface area contributed by atoms with E-state index >= 15 is 0 Å². The van der Waals surface area contributed by atoms with Crippen molar-refractivity contribution in [2.45, 2.75) is 6.42 Å². The van der Waals surface area contributed by atoms with Crippen molar-refractivity contribution < 1.29 is 19.1 Å². The fourth-order valence-electron chi connectivity index (χ4n) is 1.86. The Bertz CT molecular complexity index is 701. The first-order chi connectivity index (χ1) is 9.97. The summed E-state index contributed by atoms with van der Waals surface area (Å²) in [4.78, 5) is 22.8. The first kappa shape index (κ1) is 14.5. The Morgan fingerprint density at radius 2 is 1.90 bits per heavy atom. The van der Waals surface area contributed by atoms with Crippen LogP contribution in [0.1, 0.15) is 15.9 Å². The Morgan fingerprint density at radius 3 is 2.57 bits per heavy atom. The van der Waals surface area contributed by atoms with Gasteiger partial charge in [0.25, 0.3) is 5.91 Å². The average molecular weight is 288 g/mol. The zero-order valence-corrected chi connectivity index (χ0v) is 11.0. The van der Waals surface area contributed by atoms with Crippen LogP contribution in [0.25, 0.3) is 0 Å². The molecule has 4 N–H and O–H groups in total. The summed E-state index contributed by atoms with van der Waals surface area (Å²) in [6.45, 7) is 0. The number of carboxylic acid groups (broad SMARTS) is 1. The monoisotopic (exact) mass is 288 g/mol. The number of nitrogens with one attached hydrogen (secondary N) is 1. The zero-order valence-electron chi connectivity index (χ0n) is 11.0. The van der Waals surface area contributed by atoms with Crippen LogP contribution >= 0.6 is 0 Å². The van der Waals surface area contributed by atoms with Crippen molar-refractivity contribution in [3.63, 3.8) is 0 Å². The summed E-state index contributed by atoms with van der Waals surface area (Å²) >= 11 is 0. The van der Waals surface area contributed by atoms with Crippen molar-refractivity contribution in [3.8, 4) is 0 Å². The van der Waals surface area contributed by atoms with Gasteiger partial charge >= 0.3 is 5.97 Å². The van der Waals surface area contributed by atoms with Gasteiger partial charge < -0.3 is 16.2 Å². The molecule has 0 aliphatic carbocycles. The highest BCUT2D eigenvalue weighted by Gasteiger charge is 2.14. The number of carbonyl (C=O) groups excluding carboxylic acids is 1. The van der Waals surface area contributed by atoms with Crippen LogP contribution in [-0.2, 0) is 11.2 Å². The van der Waals surface area contributed by atoms with E-state index in [2.05, 4.69) is 5.32 Å². The number of hydrogen-bond acceptors (Lipinski definition) is 3. The number of benzene rings is 2. The molecule has 0 saturated heterocycles. The van der Waals surface area contributed by atoms with Crippen molar-refractivity contribution in [2.75, 3.05) is 11.1 Å². The molecule has 6 heteroatoms. The smallest absolute Gasteiger partial charge is 0.307 e. The summed E-state index contributed by atoms with van der Waals surface area (Å²) in [6, 6.07) is 10.2. The molecule has 0 atom stereocenters. The summed E-state index contributed by atoms with van der Waals surface area (Å²) in [5.41, 5.74) is 6.26. The quantitative estimate of drug-likeness (QED) is 0.752. The zero-order chi connectivity index (χ0) is 15.4. The standard InChI is InChI=1S/C15H13FN2O3/c16-12-8-10(17)5-6-11(12)15(21)18-13-4-2-1-3-9(13)7-14(19)20/h1-6,8H,7,17H2,(H,18,21)(H,19,20). The molecule has 21 heavy (non-hydrogen) atoms. The number of rotatable bonds is 4. The number of nitrogens with two attached hydrogens (primary N) is 1. The van der Waals surface area contributed by atoms with Crippen LogP contribution < -0.4 is 11.1 Å². The lowest BCUT2D eigenvalue weighted by Crippen LogP contribution is -2.16. The van der Waals surface area contributed by atoms with E-state index in [4.69, 9.17) is 10.8 Å². The van der Waals surface area contributed by atoms with Gasteiger partial charge in [0.2, 0.25) is 0 Å². The Labute approximate surface area is 120 Å². The minimum Gasteiger partial charge on any atom is -0.481 e. The highest BCUT2D eigenvalue weighted by molar-refractivity contribution is 6.05. The minimum absolute atomic E-state index is 0.158. The van der Waals surface area contributed by atoms with E-state index in [1.807, 2.05) is 0 Å². The van der Waals surface area contributed by atoms with Crippen LogP contribution in [0.2, 0.25) is 0 Å². The van der Waals surface area contributed by atoms with Crippen LogP contribution in [0.4, 0.5) is 15.8 Å². The molecule has 0 heterocycles. The highest BCUT2D eigenvalue weighted by Crippen LogP contribution is 2.18. The van der Waals surface area contributed by atoms with Crippen molar-refractivity contribution in [1.29, 1.82) is 0 Å². The van der Waals surface area contributed by atoms with E-state index in [1.54, 1.807) is 24.3 Å². The molecule has 0 aliphatic rings. The normalized spacial score (nSPS) is 10.1. The average Bonchev–Trinajstić information content (AvgIpc) is 2.40. The summed E-state index contributed by atoms with van der Waals surface area (Å²) in [5.74, 6) is -2.41. The third-order valence-corrected chi connectivity index (χ3v) is 2.85. The fourth-order valence-corrected chi connectivity index (χ4v) is 1.86. The van der Waals surface area contributed by atoms with Crippen molar-refractivity contribution in [1.82, 2.24) is 0 Å². The summed E-state index contributed by atoms with van der Waals surface area (Å²) in [7, 11) is 0. The molecular formula is C15H13FN2O3. The van der Waals surface area contributed by atoms with E-state index in [9.17, 15) is 14.0 Å². The van der Waals surface area contributed by atoms with Gasteiger partial charge in [-0.05, 0) is 29.8 Å². The Hall–Kier alpha value is -2.89. The topological polar surface area (TPSA) is 92.4 Å². The molecular weight excluding hydrogens is 275 g/mol. The number of aliphatic carboxylic acids is 1. The molecule has 0 bridgehead atoms. The molecule has 0 radical (unpaired) electrons. The maximum atomic E-state index is 13.7. The molecule has 0 fully saturated rings. The van der Waals surface area contributed by atoms with E-state index in [-0.39, 0.29) is 17.7 Å². The first-order valence-corrected chi connectivity index (χ1v) is 6.13. The summed E-state index contributed by atoms with van der Waals surface area (Å²) in [5, 5.41) is 11.3. The van der Waals surface area contributed by atoms with Gasteiger partial charge in [-0.25, -0.2) is 4.39 Å². The molecule has 108 valence electrons. The predicted octanol–water partition coefficient (Wildman–Crippen LogP) is 2.29. The van der Waals surface area contributed by atoms with Gasteiger partial charge in [-0.1, -0.05) is 18.2 Å². The number of para-hydroxylation sites is 1. The van der Waals surface area contributed by atoms with Crippen molar-refractivity contribution >= 4 is 23.3 Å². The Morgan fingerprint density at radius 1 is 1.19 bits per heavy atom. The molecule has 2 rings (SSSR count). The number of carboxylic acids is 1. The highest BCUT2D eigenvalue weighted by atomic mass is 19.1. The van der Waals surface area contributed by atoms with Crippen molar-refractivity contribution in [2.24, 2.45) is 0 Å². The van der Waals surface area contributed by atoms with Gasteiger partial charge in [0.1, 0.15) is 5.82 Å². The Balaban J connectivity index is 2.25. The second-order valence-electron chi connectivity index (χ2n) is 4.42. The van der Waals surface area contributed by atoms with Crippen LogP contribution in [0.5, 0.6) is 0 Å². The SMILES string of the molecule is Nc1ccc(C(=O)Nc2ccccc2CC(=O)O)c(F)c1. The van der Waals surface area contributed by atoms with Crippen LogP contribution in [0, 0.1) is 5.82 Å². The maximum Gasteiger partial charge on any atom is 0.307 e. The summed E-state index contributed by atoms with van der Waals surface area (Å²) < 4.78 is 13.7.